The Morgan fingerprint density at radius 2 is 1.62 bits per heavy atom. The number of anilines is 2. The number of imide groups is 2. The number of hydrogen-bond donors (Lipinski definition) is 3. The summed E-state index contributed by atoms with van der Waals surface area (Å²) in [6.45, 7) is 0.940. The number of aromatic nitrogens is 3. The van der Waals surface area contributed by atoms with Crippen LogP contribution in [0.5, 0.6) is 5.75 Å². The van der Waals surface area contributed by atoms with Gasteiger partial charge in [-0.3, -0.25) is 38.9 Å². The number of carbonyl (C=O) groups excluding carboxylic acids is 5. The minimum absolute atomic E-state index is 0.0552. The molecule has 3 fully saturated rings. The van der Waals surface area contributed by atoms with E-state index in [1.165, 1.54) is 7.11 Å². The topological polar surface area (TPSA) is 168 Å². The van der Waals surface area contributed by atoms with Crippen LogP contribution in [0, 0.1) is 5.92 Å². The molecule has 2 saturated carbocycles. The van der Waals surface area contributed by atoms with E-state index in [4.69, 9.17) is 9.84 Å². The number of methoxy groups -OCH3 is 1. The maximum Gasteiger partial charge on any atom is 0.325 e. The van der Waals surface area contributed by atoms with Crippen molar-refractivity contribution in [2.24, 2.45) is 5.92 Å². The first-order valence-corrected chi connectivity index (χ1v) is 22.1. The van der Waals surface area contributed by atoms with Gasteiger partial charge in [-0.1, -0.05) is 31.6 Å². The first kappa shape index (κ1) is 42.1. The van der Waals surface area contributed by atoms with E-state index in [2.05, 4.69) is 32.9 Å². The zero-order valence-corrected chi connectivity index (χ0v) is 34.2. The van der Waals surface area contributed by atoms with E-state index in [0.29, 0.717) is 34.6 Å². The molecule has 0 spiro atoms. The number of piperidine rings is 1. The fraction of sp³-hybridized carbons (Fsp3) is 0.439. The molecule has 14 nitrogen and oxygen atoms in total. The summed E-state index contributed by atoms with van der Waals surface area (Å²) in [5, 5.41) is 11.2. The second-order valence-corrected chi connectivity index (χ2v) is 18.8. The Balaban J connectivity index is 0.833. The summed E-state index contributed by atoms with van der Waals surface area (Å²) in [5.41, 5.74) is 0.940. The summed E-state index contributed by atoms with van der Waals surface area (Å²) in [5.74, 6) is -2.58. The Labute approximate surface area is 347 Å². The van der Waals surface area contributed by atoms with E-state index in [9.17, 15) is 43.4 Å². The molecule has 2 aromatic heterocycles. The van der Waals surface area contributed by atoms with Gasteiger partial charge >= 0.3 is 10.2 Å². The van der Waals surface area contributed by atoms with Crippen LogP contribution < -0.4 is 20.7 Å². The highest BCUT2D eigenvalue weighted by Crippen LogP contribution is 3.01. The Hall–Kier alpha value is -5.63. The second kappa shape index (κ2) is 15.1. The number of carbonyl (C=O) groups is 5. The van der Waals surface area contributed by atoms with Crippen LogP contribution in [0.15, 0.2) is 59.8 Å². The van der Waals surface area contributed by atoms with Crippen LogP contribution in [0.2, 0.25) is 0 Å². The van der Waals surface area contributed by atoms with Crippen molar-refractivity contribution < 1.29 is 48.1 Å². The molecule has 0 bridgehead atoms. The molecule has 4 aliphatic rings. The molecule has 8 rings (SSSR count). The molecule has 0 radical (unpaired) electrons. The molecule has 2 aliphatic heterocycles. The number of nitrogens with zero attached hydrogens (tertiary/aromatic N) is 5. The fourth-order valence-electron chi connectivity index (χ4n) is 9.13. The van der Waals surface area contributed by atoms with Gasteiger partial charge in [-0.15, -0.1) is 0 Å². The average molecular weight is 873 g/mol. The Morgan fingerprint density at radius 1 is 0.902 bits per heavy atom. The fourth-order valence-corrected chi connectivity index (χ4v) is 9.74. The van der Waals surface area contributed by atoms with E-state index in [0.717, 1.165) is 68.9 Å². The van der Waals surface area contributed by atoms with Crippen LogP contribution in [-0.4, -0.2) is 92.9 Å². The molecular weight excluding hydrogens is 828 g/mol. The second-order valence-electron chi connectivity index (χ2n) is 16.4. The average Bonchev–Trinajstić information content (AvgIpc) is 3.74. The van der Waals surface area contributed by atoms with Crippen LogP contribution >= 0.6 is 10.2 Å². The third kappa shape index (κ3) is 8.64. The highest BCUT2D eigenvalue weighted by Gasteiger charge is 2.67. The number of hydrogen-bond acceptors (Lipinski definition) is 10. The Kier molecular flexibility index (Phi) is 10.4. The van der Waals surface area contributed by atoms with Gasteiger partial charge in [0.1, 0.15) is 17.5 Å². The van der Waals surface area contributed by atoms with Crippen LogP contribution in [-0.2, 0) is 9.59 Å². The van der Waals surface area contributed by atoms with Crippen molar-refractivity contribution in [3.63, 3.8) is 0 Å². The number of nitrogens with one attached hydrogen (secondary N) is 3. The first-order valence-electron chi connectivity index (χ1n) is 20.2. The van der Waals surface area contributed by atoms with Gasteiger partial charge in [-0.25, -0.2) is 4.98 Å². The quantitative estimate of drug-likeness (QED) is 0.0998. The van der Waals surface area contributed by atoms with Gasteiger partial charge in [0.15, 0.2) is 5.03 Å². The molecule has 2 aliphatic carbocycles. The molecule has 61 heavy (non-hydrogen) atoms. The normalized spacial score (nSPS) is 24.6. The monoisotopic (exact) mass is 872 g/mol. The third-order valence-electron chi connectivity index (χ3n) is 12.3. The number of pyridine rings is 1. The number of amides is 5. The molecule has 4 aromatic rings. The van der Waals surface area contributed by atoms with Crippen molar-refractivity contribution in [1.29, 1.82) is 0 Å². The van der Waals surface area contributed by atoms with Gasteiger partial charge in [0, 0.05) is 48.4 Å². The lowest BCUT2D eigenvalue weighted by Gasteiger charge is -2.39. The van der Waals surface area contributed by atoms with Gasteiger partial charge in [0.05, 0.1) is 35.5 Å². The van der Waals surface area contributed by atoms with Crippen LogP contribution in [0.1, 0.15) is 101 Å². The van der Waals surface area contributed by atoms with Crippen molar-refractivity contribution in [1.82, 2.24) is 29.9 Å². The highest BCUT2D eigenvalue weighted by molar-refractivity contribution is 8.45. The van der Waals surface area contributed by atoms with Gasteiger partial charge in [0.25, 0.3) is 17.7 Å². The first-order chi connectivity index (χ1) is 28.8. The minimum atomic E-state index is -10.1. The lowest BCUT2D eigenvalue weighted by Crippen LogP contribution is -2.54. The molecule has 326 valence electrons. The molecule has 1 unspecified atom stereocenters. The summed E-state index contributed by atoms with van der Waals surface area (Å²) >= 11 is 0. The third-order valence-corrected chi connectivity index (χ3v) is 13.3. The minimum Gasteiger partial charge on any atom is -0.494 e. The molecule has 4 heterocycles. The number of fused-ring (bicyclic) bond motifs is 2. The summed E-state index contributed by atoms with van der Waals surface area (Å²) in [6.07, 6.45) is 9.39. The van der Waals surface area contributed by atoms with E-state index in [-0.39, 0.29) is 53.6 Å². The molecular formula is C41H45F5N8O6S. The number of rotatable bonds is 11. The predicted molar refractivity (Wildman–Crippen MR) is 216 cm³/mol. The number of ether oxygens (including phenoxy) is 1. The van der Waals surface area contributed by atoms with Crippen molar-refractivity contribution in [3.05, 3.63) is 71.5 Å². The molecule has 1 atom stereocenters. The maximum atomic E-state index is 13.6. The van der Waals surface area contributed by atoms with Crippen LogP contribution in [0.4, 0.5) is 30.8 Å². The van der Waals surface area contributed by atoms with Gasteiger partial charge < -0.3 is 20.3 Å². The van der Waals surface area contributed by atoms with E-state index in [1.807, 2.05) is 10.9 Å². The lowest BCUT2D eigenvalue weighted by atomic mass is 9.84. The van der Waals surface area contributed by atoms with Gasteiger partial charge in [-0.05, 0) is 101 Å². The molecule has 20 heteroatoms. The lowest BCUT2D eigenvalue weighted by molar-refractivity contribution is -0.136. The van der Waals surface area contributed by atoms with Crippen molar-refractivity contribution in [2.75, 3.05) is 31.3 Å². The summed E-state index contributed by atoms with van der Waals surface area (Å²) < 4.78 is 74.0. The van der Waals surface area contributed by atoms with Gasteiger partial charge in [-0.2, -0.15) is 5.10 Å². The van der Waals surface area contributed by atoms with Crippen LogP contribution in [0.3, 0.4) is 0 Å². The van der Waals surface area contributed by atoms with Crippen molar-refractivity contribution in [3.8, 4) is 5.75 Å². The van der Waals surface area contributed by atoms with Crippen LogP contribution in [0.25, 0.3) is 10.9 Å². The van der Waals surface area contributed by atoms with Crippen molar-refractivity contribution >= 4 is 62.0 Å². The van der Waals surface area contributed by atoms with E-state index < -0.39 is 56.5 Å². The molecule has 3 N–H and O–H groups in total. The van der Waals surface area contributed by atoms with E-state index in [1.54, 1.807) is 30.3 Å². The molecule has 5 amide bonds. The SMILES string of the molecule is COc1cc2nn(C3CCC(CN(C)C4CCC(Nc5cccc6c5C(=O)N(C5CCC(=O)NC5=O)C6=O)CC4)CC3)cc2cc1NC(=O)c1cccc(S(F)(F)(F)(F)F)n1. The zero-order valence-electron chi connectivity index (χ0n) is 33.3. The standard InChI is InChI=1S/C41H45F5N8O6S/c1-52(26-15-11-25(12-16-26)47-29-6-3-5-28-37(29)41(59)54(40(28)58)33-17-18-35(55)50-39(33)57)21-23-9-13-27(14-10-23)53-22-24-19-32(34(60-2)20-31(24)51-53)49-38(56)30-7-4-8-36(48-30)61(42,43,44,45)46/h3-8,19-20,22-23,25-27,33,47H,9-18,21H2,1-2H3,(H,49,56)(H,50,55,57). The predicted octanol–water partition coefficient (Wildman–Crippen LogP) is 7.84. The number of benzene rings is 2. The van der Waals surface area contributed by atoms with Gasteiger partial charge in [0.2, 0.25) is 11.8 Å². The number of halogens is 5. The summed E-state index contributed by atoms with van der Waals surface area (Å²) in [6, 6.07) is 9.59. The molecule has 1 saturated heterocycles. The zero-order chi connectivity index (χ0) is 43.5. The largest absolute Gasteiger partial charge is 0.494 e. The Morgan fingerprint density at radius 3 is 2.31 bits per heavy atom. The maximum absolute atomic E-state index is 13.6. The van der Waals surface area contributed by atoms with Crippen molar-refractivity contribution in [2.45, 2.75) is 93.4 Å². The highest BCUT2D eigenvalue weighted by atomic mass is 32.5. The summed E-state index contributed by atoms with van der Waals surface area (Å²) in [7, 11) is -6.59. The Bertz CT molecular complexity index is 2450. The smallest absolute Gasteiger partial charge is 0.325 e. The summed E-state index contributed by atoms with van der Waals surface area (Å²) in [4.78, 5) is 70.2. The molecule has 2 aromatic carbocycles. The van der Waals surface area contributed by atoms with E-state index >= 15 is 0 Å².